The van der Waals surface area contributed by atoms with Crippen molar-refractivity contribution in [2.45, 2.75) is 24.7 Å². The van der Waals surface area contributed by atoms with E-state index in [1.807, 2.05) is 6.92 Å². The molecule has 27 heavy (non-hydrogen) atoms. The van der Waals surface area contributed by atoms with Crippen molar-refractivity contribution >= 4 is 33.2 Å². The van der Waals surface area contributed by atoms with E-state index in [0.29, 0.717) is 23.6 Å². The van der Waals surface area contributed by atoms with Crippen LogP contribution in [0.25, 0.3) is 0 Å². The lowest BCUT2D eigenvalue weighted by Gasteiger charge is -2.30. The van der Waals surface area contributed by atoms with E-state index in [4.69, 9.17) is 11.6 Å². The van der Waals surface area contributed by atoms with Gasteiger partial charge in [-0.2, -0.15) is 4.31 Å². The smallest absolute Gasteiger partial charge is 0.243 e. The maximum atomic E-state index is 12.7. The highest BCUT2D eigenvalue weighted by Crippen LogP contribution is 2.28. The molecule has 1 fully saturated rings. The summed E-state index contributed by atoms with van der Waals surface area (Å²) in [6.07, 6.45) is 0.844. The standard InChI is InChI=1S/C19H21ClN2O4S/c1-13-2-7-18(23)17(12-13)21-19(24)14-8-10-22(11-9-14)27(25,26)16-5-3-15(20)4-6-16/h2-7,12,14,23H,8-11H2,1H3,(H,21,24). The summed E-state index contributed by atoms with van der Waals surface area (Å²) < 4.78 is 26.8. The normalized spacial score (nSPS) is 16.2. The minimum atomic E-state index is -3.60. The van der Waals surface area contributed by atoms with Crippen LogP contribution in [0.5, 0.6) is 5.75 Å². The molecule has 8 heteroatoms. The summed E-state index contributed by atoms with van der Waals surface area (Å²) in [5.41, 5.74) is 1.29. The summed E-state index contributed by atoms with van der Waals surface area (Å²) in [4.78, 5) is 12.7. The monoisotopic (exact) mass is 408 g/mol. The number of nitrogens with zero attached hydrogens (tertiary/aromatic N) is 1. The van der Waals surface area contributed by atoms with E-state index >= 15 is 0 Å². The van der Waals surface area contributed by atoms with Gasteiger partial charge >= 0.3 is 0 Å². The first-order valence-electron chi connectivity index (χ1n) is 8.63. The fourth-order valence-corrected chi connectivity index (χ4v) is 4.69. The molecule has 1 saturated heterocycles. The molecule has 0 bridgehead atoms. The number of benzene rings is 2. The number of sulfonamides is 1. The van der Waals surface area contributed by atoms with Crippen LogP contribution in [0.4, 0.5) is 5.69 Å². The Morgan fingerprint density at radius 1 is 1.15 bits per heavy atom. The molecule has 6 nitrogen and oxygen atoms in total. The van der Waals surface area contributed by atoms with Gasteiger partial charge in [0.1, 0.15) is 5.75 Å². The zero-order chi connectivity index (χ0) is 19.6. The van der Waals surface area contributed by atoms with Gasteiger partial charge in [0.15, 0.2) is 0 Å². The number of phenols is 1. The second kappa shape index (κ2) is 7.88. The quantitative estimate of drug-likeness (QED) is 0.759. The van der Waals surface area contributed by atoms with Crippen molar-refractivity contribution in [1.82, 2.24) is 4.31 Å². The number of hydrogen-bond acceptors (Lipinski definition) is 4. The number of carbonyl (C=O) groups excluding carboxylic acids is 1. The molecule has 1 heterocycles. The van der Waals surface area contributed by atoms with Crippen LogP contribution in [-0.2, 0) is 14.8 Å². The van der Waals surface area contributed by atoms with Crippen LogP contribution < -0.4 is 5.32 Å². The topological polar surface area (TPSA) is 86.7 Å². The second-order valence-corrected chi connectivity index (χ2v) is 9.02. The lowest BCUT2D eigenvalue weighted by Crippen LogP contribution is -2.41. The van der Waals surface area contributed by atoms with E-state index in [9.17, 15) is 18.3 Å². The Morgan fingerprint density at radius 2 is 1.78 bits per heavy atom. The van der Waals surface area contributed by atoms with Crippen molar-refractivity contribution in [1.29, 1.82) is 0 Å². The summed E-state index contributed by atoms with van der Waals surface area (Å²) in [7, 11) is -3.60. The van der Waals surface area contributed by atoms with Crippen LogP contribution in [0.1, 0.15) is 18.4 Å². The molecular formula is C19H21ClN2O4S. The van der Waals surface area contributed by atoms with Gasteiger partial charge in [0.2, 0.25) is 15.9 Å². The van der Waals surface area contributed by atoms with Gasteiger partial charge in [0, 0.05) is 24.0 Å². The minimum absolute atomic E-state index is 0.0108. The largest absolute Gasteiger partial charge is 0.506 e. The Kier molecular flexibility index (Phi) is 5.74. The molecule has 2 aromatic rings. The summed E-state index contributed by atoms with van der Waals surface area (Å²) in [5.74, 6) is -0.502. The van der Waals surface area contributed by atoms with Crippen molar-refractivity contribution in [2.75, 3.05) is 18.4 Å². The second-order valence-electron chi connectivity index (χ2n) is 6.64. The van der Waals surface area contributed by atoms with Crippen LogP contribution in [0, 0.1) is 12.8 Å². The van der Waals surface area contributed by atoms with E-state index in [0.717, 1.165) is 5.56 Å². The van der Waals surface area contributed by atoms with Crippen LogP contribution in [-0.4, -0.2) is 36.8 Å². The van der Waals surface area contributed by atoms with Crippen LogP contribution in [0.15, 0.2) is 47.4 Å². The van der Waals surface area contributed by atoms with Gasteiger partial charge in [0.05, 0.1) is 10.6 Å². The van der Waals surface area contributed by atoms with Crippen LogP contribution >= 0.6 is 11.6 Å². The number of amides is 1. The van der Waals surface area contributed by atoms with E-state index in [1.165, 1.54) is 22.5 Å². The number of carbonyl (C=O) groups is 1. The first-order chi connectivity index (χ1) is 12.8. The Morgan fingerprint density at radius 3 is 2.41 bits per heavy atom. The van der Waals surface area contributed by atoms with Gasteiger partial charge < -0.3 is 10.4 Å². The van der Waals surface area contributed by atoms with E-state index in [2.05, 4.69) is 5.32 Å². The molecular weight excluding hydrogens is 388 g/mol. The van der Waals surface area contributed by atoms with E-state index < -0.39 is 10.0 Å². The fraction of sp³-hybridized carbons (Fsp3) is 0.316. The molecule has 1 aliphatic rings. The number of nitrogens with one attached hydrogen (secondary N) is 1. The van der Waals surface area contributed by atoms with Crippen molar-refractivity contribution < 1.29 is 18.3 Å². The van der Waals surface area contributed by atoms with Crippen molar-refractivity contribution in [3.8, 4) is 5.75 Å². The molecule has 0 spiro atoms. The molecule has 2 aromatic carbocycles. The highest BCUT2D eigenvalue weighted by molar-refractivity contribution is 7.89. The lowest BCUT2D eigenvalue weighted by atomic mass is 9.97. The third-order valence-electron chi connectivity index (χ3n) is 4.69. The Hall–Kier alpha value is -2.09. The van der Waals surface area contributed by atoms with Gasteiger partial charge in [-0.05, 0) is 61.7 Å². The third-order valence-corrected chi connectivity index (χ3v) is 6.85. The highest BCUT2D eigenvalue weighted by Gasteiger charge is 2.32. The first-order valence-corrected chi connectivity index (χ1v) is 10.5. The predicted molar refractivity (Wildman–Crippen MR) is 104 cm³/mol. The molecule has 0 aliphatic carbocycles. The molecule has 0 atom stereocenters. The number of aryl methyl sites for hydroxylation is 1. The number of rotatable bonds is 4. The molecule has 144 valence electrons. The third kappa shape index (κ3) is 4.43. The van der Waals surface area contributed by atoms with Gasteiger partial charge in [0.25, 0.3) is 0 Å². The zero-order valence-electron chi connectivity index (χ0n) is 14.9. The summed E-state index contributed by atoms with van der Waals surface area (Å²) in [5, 5.41) is 13.1. The highest BCUT2D eigenvalue weighted by atomic mass is 35.5. The van der Waals surface area contributed by atoms with Gasteiger partial charge in [-0.25, -0.2) is 8.42 Å². The van der Waals surface area contributed by atoms with E-state index in [1.54, 1.807) is 24.3 Å². The number of hydrogen-bond donors (Lipinski definition) is 2. The fourth-order valence-electron chi connectivity index (χ4n) is 3.10. The number of anilines is 1. The number of phenolic OH excluding ortho intramolecular Hbond substituents is 1. The lowest BCUT2D eigenvalue weighted by molar-refractivity contribution is -0.120. The Bertz CT molecular complexity index is 937. The first kappa shape index (κ1) is 19.7. The molecule has 0 aromatic heterocycles. The molecule has 2 N–H and O–H groups in total. The van der Waals surface area contributed by atoms with Crippen LogP contribution in [0.2, 0.25) is 5.02 Å². The van der Waals surface area contributed by atoms with Crippen molar-refractivity contribution in [3.05, 3.63) is 53.1 Å². The van der Waals surface area contributed by atoms with Crippen molar-refractivity contribution in [3.63, 3.8) is 0 Å². The van der Waals surface area contributed by atoms with Gasteiger partial charge in [-0.15, -0.1) is 0 Å². The Balaban J connectivity index is 1.63. The number of piperidine rings is 1. The average Bonchev–Trinajstić information content (AvgIpc) is 2.65. The molecule has 1 aliphatic heterocycles. The van der Waals surface area contributed by atoms with E-state index in [-0.39, 0.29) is 35.6 Å². The summed E-state index contributed by atoms with van der Waals surface area (Å²) in [6, 6.07) is 11.0. The molecule has 0 radical (unpaired) electrons. The molecule has 0 unspecified atom stereocenters. The zero-order valence-corrected chi connectivity index (χ0v) is 16.4. The summed E-state index contributed by atoms with van der Waals surface area (Å²) >= 11 is 5.82. The minimum Gasteiger partial charge on any atom is -0.506 e. The number of halogens is 1. The molecule has 0 saturated carbocycles. The number of aromatic hydroxyl groups is 1. The SMILES string of the molecule is Cc1ccc(O)c(NC(=O)C2CCN(S(=O)(=O)c3ccc(Cl)cc3)CC2)c1. The van der Waals surface area contributed by atoms with Gasteiger partial charge in [-0.1, -0.05) is 17.7 Å². The Labute approximate surface area is 163 Å². The summed E-state index contributed by atoms with van der Waals surface area (Å²) in [6.45, 7) is 2.40. The van der Waals surface area contributed by atoms with Crippen LogP contribution in [0.3, 0.4) is 0 Å². The predicted octanol–water partition coefficient (Wildman–Crippen LogP) is 3.39. The maximum Gasteiger partial charge on any atom is 0.243 e. The molecule has 3 rings (SSSR count). The molecule has 1 amide bonds. The average molecular weight is 409 g/mol. The van der Waals surface area contributed by atoms with Crippen molar-refractivity contribution in [2.24, 2.45) is 5.92 Å². The van der Waals surface area contributed by atoms with Gasteiger partial charge in [-0.3, -0.25) is 4.79 Å². The maximum absolute atomic E-state index is 12.7.